The second kappa shape index (κ2) is 11.4. The van der Waals surface area contributed by atoms with Crippen LogP contribution in [0.3, 0.4) is 0 Å². The molecule has 2 amide bonds. The number of rotatable bonds is 10. The van der Waals surface area contributed by atoms with Crippen LogP contribution in [0.2, 0.25) is 0 Å². The fourth-order valence-corrected chi connectivity index (χ4v) is 2.90. The largest absolute Gasteiger partial charge is 0.497 e. The standard InChI is InChI=1S/C25H26N2O5/c1-18-6-3-4-9-23(18)31-15-14-26-25(29)19-10-12-21(13-11-19)32-17-24(28)27-20-7-5-8-22(16-20)30-2/h3-13,16H,14-15,17H2,1-2H3,(H,26,29)(H,27,28). The molecular formula is C25H26N2O5. The topological polar surface area (TPSA) is 85.9 Å². The minimum absolute atomic E-state index is 0.154. The summed E-state index contributed by atoms with van der Waals surface area (Å²) >= 11 is 0. The number of benzene rings is 3. The number of carbonyl (C=O) groups excluding carboxylic acids is 2. The Morgan fingerprint density at radius 1 is 0.875 bits per heavy atom. The molecule has 0 heterocycles. The molecular weight excluding hydrogens is 408 g/mol. The molecule has 0 spiro atoms. The number of aryl methyl sites for hydroxylation is 1. The third kappa shape index (κ3) is 6.77. The third-order valence-electron chi connectivity index (χ3n) is 4.58. The fourth-order valence-electron chi connectivity index (χ4n) is 2.90. The zero-order chi connectivity index (χ0) is 22.8. The van der Waals surface area contributed by atoms with Crippen molar-refractivity contribution < 1.29 is 23.8 Å². The van der Waals surface area contributed by atoms with Gasteiger partial charge in [0.1, 0.15) is 23.9 Å². The molecule has 0 bridgehead atoms. The molecule has 0 saturated carbocycles. The number of hydrogen-bond acceptors (Lipinski definition) is 5. The number of nitrogens with one attached hydrogen (secondary N) is 2. The Kier molecular flexibility index (Phi) is 8.09. The summed E-state index contributed by atoms with van der Waals surface area (Å²) in [6, 6.07) is 21.4. The zero-order valence-electron chi connectivity index (χ0n) is 18.1. The Bertz CT molecular complexity index is 1050. The minimum Gasteiger partial charge on any atom is -0.497 e. The first-order valence-corrected chi connectivity index (χ1v) is 10.2. The average molecular weight is 434 g/mol. The van der Waals surface area contributed by atoms with E-state index >= 15 is 0 Å². The van der Waals surface area contributed by atoms with Gasteiger partial charge < -0.3 is 24.8 Å². The molecule has 0 saturated heterocycles. The molecule has 7 nitrogen and oxygen atoms in total. The summed E-state index contributed by atoms with van der Waals surface area (Å²) in [4.78, 5) is 24.4. The maximum Gasteiger partial charge on any atom is 0.262 e. The lowest BCUT2D eigenvalue weighted by atomic mass is 10.2. The van der Waals surface area contributed by atoms with Crippen LogP contribution in [-0.4, -0.2) is 38.7 Å². The Balaban J connectivity index is 1.40. The van der Waals surface area contributed by atoms with Crippen LogP contribution in [0.25, 0.3) is 0 Å². The number of ether oxygens (including phenoxy) is 3. The molecule has 0 unspecified atom stereocenters. The molecule has 0 aromatic heterocycles. The van der Waals surface area contributed by atoms with Gasteiger partial charge in [-0.1, -0.05) is 24.3 Å². The van der Waals surface area contributed by atoms with Crippen molar-refractivity contribution in [3.8, 4) is 17.2 Å². The zero-order valence-corrected chi connectivity index (χ0v) is 18.1. The molecule has 3 aromatic carbocycles. The van der Waals surface area contributed by atoms with Crippen molar-refractivity contribution in [2.75, 3.05) is 32.2 Å². The van der Waals surface area contributed by atoms with Gasteiger partial charge in [-0.15, -0.1) is 0 Å². The van der Waals surface area contributed by atoms with Gasteiger partial charge >= 0.3 is 0 Å². The second-order valence-electron chi connectivity index (χ2n) is 6.96. The van der Waals surface area contributed by atoms with Crippen molar-refractivity contribution >= 4 is 17.5 Å². The molecule has 3 aromatic rings. The van der Waals surface area contributed by atoms with E-state index in [0.29, 0.717) is 35.9 Å². The highest BCUT2D eigenvalue weighted by Crippen LogP contribution is 2.17. The van der Waals surface area contributed by atoms with Gasteiger partial charge in [0.25, 0.3) is 11.8 Å². The van der Waals surface area contributed by atoms with Gasteiger partial charge in [0, 0.05) is 17.3 Å². The van der Waals surface area contributed by atoms with Crippen LogP contribution in [0.1, 0.15) is 15.9 Å². The average Bonchev–Trinajstić information content (AvgIpc) is 2.82. The van der Waals surface area contributed by atoms with E-state index in [-0.39, 0.29) is 18.4 Å². The number of amides is 2. The van der Waals surface area contributed by atoms with Gasteiger partial charge in [-0.25, -0.2) is 0 Å². The summed E-state index contributed by atoms with van der Waals surface area (Å²) in [7, 11) is 1.56. The van der Waals surface area contributed by atoms with Gasteiger partial charge in [-0.05, 0) is 55.0 Å². The minimum atomic E-state index is -0.297. The quantitative estimate of drug-likeness (QED) is 0.474. The van der Waals surface area contributed by atoms with Crippen LogP contribution >= 0.6 is 0 Å². The fraction of sp³-hybridized carbons (Fsp3) is 0.200. The highest BCUT2D eigenvalue weighted by molar-refractivity contribution is 5.94. The Labute approximate surface area is 187 Å². The Morgan fingerprint density at radius 3 is 2.41 bits per heavy atom. The van der Waals surface area contributed by atoms with Gasteiger partial charge in [0.2, 0.25) is 0 Å². The lowest BCUT2D eigenvalue weighted by Crippen LogP contribution is -2.28. The highest BCUT2D eigenvalue weighted by Gasteiger charge is 2.08. The summed E-state index contributed by atoms with van der Waals surface area (Å²) < 4.78 is 16.3. The molecule has 0 fully saturated rings. The summed E-state index contributed by atoms with van der Waals surface area (Å²) in [5.41, 5.74) is 2.16. The van der Waals surface area contributed by atoms with Crippen molar-refractivity contribution in [2.24, 2.45) is 0 Å². The van der Waals surface area contributed by atoms with Crippen LogP contribution in [0.5, 0.6) is 17.2 Å². The van der Waals surface area contributed by atoms with E-state index in [1.54, 1.807) is 55.6 Å². The van der Waals surface area contributed by atoms with Crippen LogP contribution < -0.4 is 24.8 Å². The molecule has 3 rings (SSSR count). The van der Waals surface area contributed by atoms with E-state index in [2.05, 4.69) is 10.6 Å². The Hall–Kier alpha value is -4.00. The first-order valence-electron chi connectivity index (χ1n) is 10.2. The molecule has 0 aliphatic heterocycles. The highest BCUT2D eigenvalue weighted by atomic mass is 16.5. The first-order chi connectivity index (χ1) is 15.5. The molecule has 2 N–H and O–H groups in total. The van der Waals surface area contributed by atoms with Gasteiger partial charge in [-0.3, -0.25) is 9.59 Å². The van der Waals surface area contributed by atoms with Gasteiger partial charge in [-0.2, -0.15) is 0 Å². The maximum atomic E-state index is 12.3. The normalized spacial score (nSPS) is 10.2. The molecule has 166 valence electrons. The molecule has 0 radical (unpaired) electrons. The van der Waals surface area contributed by atoms with Crippen molar-refractivity contribution in [3.63, 3.8) is 0 Å². The van der Waals surface area contributed by atoms with Crippen molar-refractivity contribution in [2.45, 2.75) is 6.92 Å². The second-order valence-corrected chi connectivity index (χ2v) is 6.96. The SMILES string of the molecule is COc1cccc(NC(=O)COc2ccc(C(=O)NCCOc3ccccc3C)cc2)c1. The number of hydrogen-bond donors (Lipinski definition) is 2. The van der Waals surface area contributed by atoms with Crippen LogP contribution in [-0.2, 0) is 4.79 Å². The van der Waals surface area contributed by atoms with E-state index in [4.69, 9.17) is 14.2 Å². The maximum absolute atomic E-state index is 12.3. The predicted octanol–water partition coefficient (Wildman–Crippen LogP) is 3.83. The van der Waals surface area contributed by atoms with E-state index in [1.165, 1.54) is 0 Å². The van der Waals surface area contributed by atoms with E-state index in [9.17, 15) is 9.59 Å². The van der Waals surface area contributed by atoms with E-state index in [1.807, 2.05) is 31.2 Å². The summed E-state index contributed by atoms with van der Waals surface area (Å²) in [5.74, 6) is 1.44. The predicted molar refractivity (Wildman–Crippen MR) is 123 cm³/mol. The third-order valence-corrected chi connectivity index (χ3v) is 4.58. The summed E-state index contributed by atoms with van der Waals surface area (Å²) in [6.45, 7) is 2.58. The summed E-state index contributed by atoms with van der Waals surface area (Å²) in [6.07, 6.45) is 0. The molecule has 32 heavy (non-hydrogen) atoms. The molecule has 7 heteroatoms. The van der Waals surface area contributed by atoms with Crippen LogP contribution in [0.4, 0.5) is 5.69 Å². The lowest BCUT2D eigenvalue weighted by molar-refractivity contribution is -0.118. The van der Waals surface area contributed by atoms with Crippen molar-refractivity contribution in [1.82, 2.24) is 5.32 Å². The summed E-state index contributed by atoms with van der Waals surface area (Å²) in [5, 5.41) is 5.56. The van der Waals surface area contributed by atoms with Crippen molar-refractivity contribution in [3.05, 3.63) is 83.9 Å². The number of anilines is 1. The first kappa shape index (κ1) is 22.7. The van der Waals surface area contributed by atoms with Crippen molar-refractivity contribution in [1.29, 1.82) is 0 Å². The van der Waals surface area contributed by atoms with Crippen LogP contribution in [0.15, 0.2) is 72.8 Å². The number of para-hydroxylation sites is 1. The van der Waals surface area contributed by atoms with Gasteiger partial charge in [0.05, 0.1) is 13.7 Å². The smallest absolute Gasteiger partial charge is 0.262 e. The number of methoxy groups -OCH3 is 1. The molecule has 0 aliphatic rings. The van der Waals surface area contributed by atoms with Gasteiger partial charge in [0.15, 0.2) is 6.61 Å². The molecule has 0 atom stereocenters. The van der Waals surface area contributed by atoms with E-state index in [0.717, 1.165) is 11.3 Å². The van der Waals surface area contributed by atoms with Crippen LogP contribution in [0, 0.1) is 6.92 Å². The van der Waals surface area contributed by atoms with E-state index < -0.39 is 0 Å². The monoisotopic (exact) mass is 434 g/mol. The number of carbonyl (C=O) groups is 2. The molecule has 0 aliphatic carbocycles. The Morgan fingerprint density at radius 2 is 1.66 bits per heavy atom. The lowest BCUT2D eigenvalue weighted by Gasteiger charge is -2.10.